The van der Waals surface area contributed by atoms with E-state index in [1.165, 1.54) is 19.1 Å². The molecule has 0 radical (unpaired) electrons. The molecule has 1 aliphatic heterocycles. The van der Waals surface area contributed by atoms with Crippen LogP contribution in [0.25, 0.3) is 0 Å². The van der Waals surface area contributed by atoms with E-state index in [0.717, 1.165) is 23.7 Å². The largest absolute Gasteiger partial charge is 0.454 e. The lowest BCUT2D eigenvalue weighted by molar-refractivity contribution is -0.150. The van der Waals surface area contributed by atoms with Crippen LogP contribution < -0.4 is 10.2 Å². The Labute approximate surface area is 180 Å². The van der Waals surface area contributed by atoms with Gasteiger partial charge in [0, 0.05) is 24.5 Å². The van der Waals surface area contributed by atoms with Crippen LogP contribution in [0.5, 0.6) is 0 Å². The first-order valence-corrected chi connectivity index (χ1v) is 10.2. The number of rotatable bonds is 8. The summed E-state index contributed by atoms with van der Waals surface area (Å²) in [5.41, 5.74) is 2.12. The molecule has 1 unspecified atom stereocenters. The van der Waals surface area contributed by atoms with Gasteiger partial charge >= 0.3 is 5.97 Å². The number of amides is 3. The number of fused-ring (bicyclic) bond motifs is 1. The van der Waals surface area contributed by atoms with Crippen LogP contribution in [0, 0.1) is 0 Å². The van der Waals surface area contributed by atoms with Gasteiger partial charge in [-0.2, -0.15) is 0 Å². The van der Waals surface area contributed by atoms with E-state index >= 15 is 0 Å². The molecular formula is C23H25N3O5. The Morgan fingerprint density at radius 1 is 0.968 bits per heavy atom. The lowest BCUT2D eigenvalue weighted by atomic mass is 10.1. The molecule has 1 heterocycles. The van der Waals surface area contributed by atoms with Crippen molar-refractivity contribution in [1.29, 1.82) is 0 Å². The van der Waals surface area contributed by atoms with Crippen LogP contribution >= 0.6 is 0 Å². The van der Waals surface area contributed by atoms with Gasteiger partial charge in [0.05, 0.1) is 11.1 Å². The van der Waals surface area contributed by atoms with Crippen molar-refractivity contribution in [3.05, 3.63) is 59.7 Å². The van der Waals surface area contributed by atoms with Crippen molar-refractivity contribution in [1.82, 2.24) is 4.90 Å². The molecule has 0 saturated carbocycles. The summed E-state index contributed by atoms with van der Waals surface area (Å²) in [4.78, 5) is 52.5. The zero-order valence-electron chi connectivity index (χ0n) is 17.8. The highest BCUT2D eigenvalue weighted by Crippen LogP contribution is 2.24. The Balaban J connectivity index is 1.54. The number of hydrogen-bond acceptors (Lipinski definition) is 6. The SMILES string of the molecule is CCN(CC)c1ccc(NC(=O)COC(=O)C(C)N2C(=O)c3ccccc3C2=O)cc1. The quantitative estimate of drug-likeness (QED) is 0.518. The van der Waals surface area contributed by atoms with Crippen molar-refractivity contribution in [3.63, 3.8) is 0 Å². The number of ether oxygens (including phenoxy) is 1. The monoisotopic (exact) mass is 423 g/mol. The molecule has 3 amide bonds. The van der Waals surface area contributed by atoms with Gasteiger partial charge in [-0.3, -0.25) is 19.3 Å². The van der Waals surface area contributed by atoms with E-state index in [4.69, 9.17) is 4.74 Å². The van der Waals surface area contributed by atoms with E-state index in [-0.39, 0.29) is 11.1 Å². The molecule has 0 saturated heterocycles. The van der Waals surface area contributed by atoms with Crippen LogP contribution in [-0.2, 0) is 14.3 Å². The lowest BCUT2D eigenvalue weighted by Crippen LogP contribution is -2.44. The van der Waals surface area contributed by atoms with E-state index in [1.54, 1.807) is 24.3 Å². The minimum atomic E-state index is -1.14. The van der Waals surface area contributed by atoms with E-state index in [2.05, 4.69) is 24.1 Å². The highest BCUT2D eigenvalue weighted by atomic mass is 16.5. The first-order chi connectivity index (χ1) is 14.9. The van der Waals surface area contributed by atoms with Crippen LogP contribution in [0.4, 0.5) is 11.4 Å². The molecule has 1 aliphatic rings. The summed E-state index contributed by atoms with van der Waals surface area (Å²) in [5.74, 6) is -2.45. The minimum Gasteiger partial charge on any atom is -0.454 e. The van der Waals surface area contributed by atoms with Crippen LogP contribution in [0.1, 0.15) is 41.5 Å². The standard InChI is InChI=1S/C23H25N3O5/c1-4-25(5-2)17-12-10-16(11-13-17)24-20(27)14-31-23(30)15(3)26-21(28)18-8-6-7-9-19(18)22(26)29/h6-13,15H,4-5,14H2,1-3H3,(H,24,27). The third kappa shape index (κ3) is 4.58. The number of carbonyl (C=O) groups excluding carboxylic acids is 4. The van der Waals surface area contributed by atoms with Gasteiger partial charge in [0.15, 0.2) is 6.61 Å². The molecule has 2 aromatic rings. The van der Waals surface area contributed by atoms with E-state index in [1.807, 2.05) is 12.1 Å². The molecule has 3 rings (SSSR count). The maximum Gasteiger partial charge on any atom is 0.329 e. The van der Waals surface area contributed by atoms with Crippen molar-refractivity contribution < 1.29 is 23.9 Å². The molecule has 0 aromatic heterocycles. The Bertz CT molecular complexity index is 964. The predicted molar refractivity (Wildman–Crippen MR) is 116 cm³/mol. The summed E-state index contributed by atoms with van der Waals surface area (Å²) in [6.07, 6.45) is 0. The van der Waals surface area contributed by atoms with Crippen molar-refractivity contribution in [3.8, 4) is 0 Å². The molecule has 2 aromatic carbocycles. The normalized spacial score (nSPS) is 13.6. The van der Waals surface area contributed by atoms with Gasteiger partial charge < -0.3 is 15.0 Å². The Hall–Kier alpha value is -3.68. The fourth-order valence-corrected chi connectivity index (χ4v) is 3.46. The number of anilines is 2. The maximum absolute atomic E-state index is 12.5. The molecule has 1 atom stereocenters. The van der Waals surface area contributed by atoms with Crippen molar-refractivity contribution >= 4 is 35.1 Å². The van der Waals surface area contributed by atoms with Crippen molar-refractivity contribution in [2.75, 3.05) is 29.9 Å². The molecule has 0 bridgehead atoms. The van der Waals surface area contributed by atoms with Gasteiger partial charge in [-0.25, -0.2) is 4.79 Å². The second-order valence-electron chi connectivity index (χ2n) is 7.08. The summed E-state index contributed by atoms with van der Waals surface area (Å²) < 4.78 is 5.04. The summed E-state index contributed by atoms with van der Waals surface area (Å²) >= 11 is 0. The lowest BCUT2D eigenvalue weighted by Gasteiger charge is -2.21. The second-order valence-corrected chi connectivity index (χ2v) is 7.08. The molecule has 162 valence electrons. The first-order valence-electron chi connectivity index (χ1n) is 10.2. The molecule has 0 aliphatic carbocycles. The molecule has 0 spiro atoms. The van der Waals surface area contributed by atoms with Gasteiger partial charge in [-0.15, -0.1) is 0 Å². The Morgan fingerprint density at radius 3 is 2.03 bits per heavy atom. The fraction of sp³-hybridized carbons (Fsp3) is 0.304. The molecule has 8 nitrogen and oxygen atoms in total. The number of esters is 1. The van der Waals surface area contributed by atoms with Gasteiger partial charge in [0.2, 0.25) is 0 Å². The molecule has 8 heteroatoms. The minimum absolute atomic E-state index is 0.248. The molecular weight excluding hydrogens is 398 g/mol. The number of hydrogen-bond donors (Lipinski definition) is 1. The van der Waals surface area contributed by atoms with Crippen molar-refractivity contribution in [2.24, 2.45) is 0 Å². The van der Waals surface area contributed by atoms with Crippen LogP contribution in [-0.4, -0.2) is 54.3 Å². The third-order valence-corrected chi connectivity index (χ3v) is 5.18. The highest BCUT2D eigenvalue weighted by Gasteiger charge is 2.41. The van der Waals surface area contributed by atoms with Gasteiger partial charge in [-0.05, 0) is 57.2 Å². The first kappa shape index (κ1) is 22.0. The number of carbonyl (C=O) groups is 4. The van der Waals surface area contributed by atoms with Gasteiger partial charge in [0.1, 0.15) is 6.04 Å². The van der Waals surface area contributed by atoms with Crippen molar-refractivity contribution in [2.45, 2.75) is 26.8 Å². The summed E-state index contributed by atoms with van der Waals surface area (Å²) in [7, 11) is 0. The van der Waals surface area contributed by atoms with Crippen LogP contribution in [0.15, 0.2) is 48.5 Å². The summed E-state index contributed by atoms with van der Waals surface area (Å²) in [6, 6.07) is 12.6. The van der Waals surface area contributed by atoms with Gasteiger partial charge in [0.25, 0.3) is 17.7 Å². The predicted octanol–water partition coefficient (Wildman–Crippen LogP) is 2.70. The van der Waals surface area contributed by atoms with Crippen LogP contribution in [0.3, 0.4) is 0 Å². The average Bonchev–Trinajstić information content (AvgIpc) is 3.04. The number of imide groups is 1. The summed E-state index contributed by atoms with van der Waals surface area (Å²) in [5, 5.41) is 2.66. The maximum atomic E-state index is 12.5. The number of benzene rings is 2. The van der Waals surface area contributed by atoms with Gasteiger partial charge in [-0.1, -0.05) is 12.1 Å². The highest BCUT2D eigenvalue weighted by molar-refractivity contribution is 6.22. The topological polar surface area (TPSA) is 96.0 Å². The number of nitrogens with one attached hydrogen (secondary N) is 1. The van der Waals surface area contributed by atoms with E-state index < -0.39 is 36.3 Å². The van der Waals surface area contributed by atoms with E-state index in [9.17, 15) is 19.2 Å². The Morgan fingerprint density at radius 2 is 1.52 bits per heavy atom. The number of nitrogens with zero attached hydrogens (tertiary/aromatic N) is 2. The third-order valence-electron chi connectivity index (χ3n) is 5.18. The fourth-order valence-electron chi connectivity index (χ4n) is 3.46. The molecule has 31 heavy (non-hydrogen) atoms. The van der Waals surface area contributed by atoms with E-state index in [0.29, 0.717) is 5.69 Å². The zero-order chi connectivity index (χ0) is 22.5. The average molecular weight is 423 g/mol. The Kier molecular flexibility index (Phi) is 6.69. The molecule has 1 N–H and O–H groups in total. The zero-order valence-corrected chi connectivity index (χ0v) is 17.8. The molecule has 0 fully saturated rings. The second kappa shape index (κ2) is 9.42. The smallest absolute Gasteiger partial charge is 0.329 e. The van der Waals surface area contributed by atoms with Crippen LogP contribution in [0.2, 0.25) is 0 Å². The summed E-state index contributed by atoms with van der Waals surface area (Å²) in [6.45, 7) is 6.76.